The second-order valence-corrected chi connectivity index (χ2v) is 17.2. The summed E-state index contributed by atoms with van der Waals surface area (Å²) in [5.74, 6) is 1.59. The van der Waals surface area contributed by atoms with Gasteiger partial charge in [0.25, 0.3) is 0 Å². The van der Waals surface area contributed by atoms with E-state index in [1.165, 1.54) is 32.3 Å². The number of rotatable bonds is 4. The Bertz CT molecular complexity index is 4500. The van der Waals surface area contributed by atoms with E-state index in [1.54, 1.807) is 0 Å². The van der Waals surface area contributed by atoms with Crippen LogP contribution >= 0.6 is 0 Å². The van der Waals surface area contributed by atoms with Gasteiger partial charge in [0, 0.05) is 48.8 Å². The normalized spacial score (nSPS) is 12.2. The third-order valence-electron chi connectivity index (χ3n) is 13.5. The van der Waals surface area contributed by atoms with Crippen LogP contribution in [-0.4, -0.2) is 24.1 Å². The Balaban J connectivity index is 1.06. The predicted octanol–water partition coefficient (Wildman–Crippen LogP) is 15.5. The molecular formula is C59H33N5O2. The molecule has 66 heavy (non-hydrogen) atoms. The molecule has 7 heteroatoms. The SMILES string of the molecule is c1ccc2cc3c(cc2c1)c1c2ccccc2ccc1n3-c1cc(-c2nc(-c3ccc4oc5ccccc5c4c3)nc(-n3c4ccccc4c4ccccc43)n2)cc2oc3ccccc3c12. The van der Waals surface area contributed by atoms with Gasteiger partial charge in [0.15, 0.2) is 11.6 Å². The third-order valence-corrected chi connectivity index (χ3v) is 13.5. The minimum absolute atomic E-state index is 0.519. The monoisotopic (exact) mass is 843 g/mol. The summed E-state index contributed by atoms with van der Waals surface area (Å²) in [6, 6.07) is 70.3. The summed E-state index contributed by atoms with van der Waals surface area (Å²) in [4.78, 5) is 16.2. The lowest BCUT2D eigenvalue weighted by Crippen LogP contribution is -2.06. The van der Waals surface area contributed by atoms with Gasteiger partial charge in [-0.15, -0.1) is 0 Å². The summed E-state index contributed by atoms with van der Waals surface area (Å²) in [5, 5.41) is 13.5. The van der Waals surface area contributed by atoms with Crippen molar-refractivity contribution in [2.24, 2.45) is 0 Å². The third kappa shape index (κ3) is 4.99. The maximum atomic E-state index is 6.83. The number of hydrogen-bond acceptors (Lipinski definition) is 5. The van der Waals surface area contributed by atoms with E-state index >= 15 is 0 Å². The number of aromatic nitrogens is 5. The zero-order valence-electron chi connectivity index (χ0n) is 35.1. The van der Waals surface area contributed by atoms with E-state index in [9.17, 15) is 0 Å². The van der Waals surface area contributed by atoms with Gasteiger partial charge in [-0.2, -0.15) is 9.97 Å². The highest BCUT2D eigenvalue weighted by Gasteiger charge is 2.24. The molecule has 0 aliphatic heterocycles. The Morgan fingerprint density at radius 3 is 1.67 bits per heavy atom. The Kier molecular flexibility index (Phi) is 7.10. The van der Waals surface area contributed by atoms with Gasteiger partial charge in [-0.1, -0.05) is 127 Å². The van der Waals surface area contributed by atoms with E-state index in [1.807, 2.05) is 42.5 Å². The van der Waals surface area contributed by atoms with Crippen molar-refractivity contribution < 1.29 is 8.83 Å². The molecule has 0 bridgehead atoms. The van der Waals surface area contributed by atoms with Crippen LogP contribution in [0.15, 0.2) is 209 Å². The minimum Gasteiger partial charge on any atom is -0.456 e. The molecule has 15 aromatic rings. The zero-order valence-corrected chi connectivity index (χ0v) is 35.1. The van der Waals surface area contributed by atoms with Gasteiger partial charge in [0.1, 0.15) is 22.3 Å². The molecular weight excluding hydrogens is 811 g/mol. The summed E-state index contributed by atoms with van der Waals surface area (Å²) in [5.41, 5.74) is 10.1. The van der Waals surface area contributed by atoms with E-state index in [0.717, 1.165) is 93.5 Å². The molecule has 0 radical (unpaired) electrons. The lowest BCUT2D eigenvalue weighted by Gasteiger charge is -2.14. The molecule has 5 aromatic heterocycles. The maximum absolute atomic E-state index is 6.83. The highest BCUT2D eigenvalue weighted by atomic mass is 16.3. The average Bonchev–Trinajstić information content (AvgIpc) is 4.13. The molecule has 7 nitrogen and oxygen atoms in total. The van der Waals surface area contributed by atoms with Gasteiger partial charge in [0.05, 0.1) is 33.1 Å². The van der Waals surface area contributed by atoms with E-state index in [4.69, 9.17) is 23.8 Å². The standard InChI is InChI=1S/C59H33N5O2/c1-2-15-36-31-49-45(29-35(36)14-1)55-39-16-4-3-13-34(39)25-27-48(55)63(49)50-32-38(33-54-56(50)43-20-8-12-24-52(43)66-54)58-60-57(37-26-28-53-44(30-37)42-19-7-11-23-51(42)65-53)61-59(62-58)64-46-21-9-5-17-40(46)41-18-6-10-22-47(41)64/h1-33H. The van der Waals surface area contributed by atoms with E-state index in [2.05, 4.69) is 167 Å². The van der Waals surface area contributed by atoms with Gasteiger partial charge in [0.2, 0.25) is 5.95 Å². The summed E-state index contributed by atoms with van der Waals surface area (Å²) in [7, 11) is 0. The summed E-state index contributed by atoms with van der Waals surface area (Å²) < 4.78 is 17.7. The van der Waals surface area contributed by atoms with Crippen LogP contribution in [0.3, 0.4) is 0 Å². The number of furan rings is 2. The van der Waals surface area contributed by atoms with Gasteiger partial charge < -0.3 is 13.4 Å². The number of hydrogen-bond donors (Lipinski definition) is 0. The highest BCUT2D eigenvalue weighted by molar-refractivity contribution is 6.24. The first-order chi connectivity index (χ1) is 32.7. The summed E-state index contributed by atoms with van der Waals surface area (Å²) in [6.07, 6.45) is 0. The topological polar surface area (TPSA) is 74.8 Å². The van der Waals surface area contributed by atoms with Crippen molar-refractivity contribution in [3.63, 3.8) is 0 Å². The van der Waals surface area contributed by atoms with Gasteiger partial charge in [-0.3, -0.25) is 4.57 Å². The van der Waals surface area contributed by atoms with Crippen molar-refractivity contribution >= 4 is 109 Å². The molecule has 0 N–H and O–H groups in total. The van der Waals surface area contributed by atoms with Crippen LogP contribution in [0, 0.1) is 0 Å². The lowest BCUT2D eigenvalue weighted by molar-refractivity contribution is 0.668. The van der Waals surface area contributed by atoms with Crippen LogP contribution in [0.2, 0.25) is 0 Å². The molecule has 0 amide bonds. The van der Waals surface area contributed by atoms with Crippen LogP contribution in [-0.2, 0) is 0 Å². The number of benzene rings is 10. The van der Waals surface area contributed by atoms with Crippen molar-refractivity contribution in [1.29, 1.82) is 0 Å². The van der Waals surface area contributed by atoms with Crippen LogP contribution in [0.1, 0.15) is 0 Å². The fourth-order valence-corrected chi connectivity index (χ4v) is 10.6. The van der Waals surface area contributed by atoms with E-state index < -0.39 is 0 Å². The van der Waals surface area contributed by atoms with Crippen molar-refractivity contribution in [2.45, 2.75) is 0 Å². The Labute approximate surface area is 375 Å². The fourth-order valence-electron chi connectivity index (χ4n) is 10.6. The van der Waals surface area contributed by atoms with E-state index in [-0.39, 0.29) is 0 Å². The summed E-state index contributed by atoms with van der Waals surface area (Å²) in [6.45, 7) is 0. The second kappa shape index (κ2) is 13.2. The molecule has 0 saturated heterocycles. The molecule has 0 aliphatic carbocycles. The molecule has 306 valence electrons. The molecule has 0 saturated carbocycles. The number of nitrogens with zero attached hydrogens (tertiary/aromatic N) is 5. The molecule has 0 atom stereocenters. The molecule has 0 spiro atoms. The van der Waals surface area contributed by atoms with Crippen LogP contribution in [0.4, 0.5) is 0 Å². The minimum atomic E-state index is 0.519. The molecule has 15 rings (SSSR count). The molecule has 5 heterocycles. The van der Waals surface area contributed by atoms with Crippen LogP contribution < -0.4 is 0 Å². The molecule has 0 fully saturated rings. The van der Waals surface area contributed by atoms with Crippen molar-refractivity contribution in [2.75, 3.05) is 0 Å². The molecule has 10 aromatic carbocycles. The lowest BCUT2D eigenvalue weighted by atomic mass is 10.0. The van der Waals surface area contributed by atoms with E-state index in [0.29, 0.717) is 17.6 Å². The molecule has 0 unspecified atom stereocenters. The smallest absolute Gasteiger partial charge is 0.238 e. The Morgan fingerprint density at radius 1 is 0.303 bits per heavy atom. The maximum Gasteiger partial charge on any atom is 0.238 e. The molecule has 0 aliphatic rings. The average molecular weight is 844 g/mol. The van der Waals surface area contributed by atoms with Gasteiger partial charge >= 0.3 is 0 Å². The van der Waals surface area contributed by atoms with Gasteiger partial charge in [-0.25, -0.2) is 4.98 Å². The second-order valence-electron chi connectivity index (χ2n) is 17.2. The largest absolute Gasteiger partial charge is 0.456 e. The van der Waals surface area contributed by atoms with Crippen molar-refractivity contribution in [3.8, 4) is 34.4 Å². The van der Waals surface area contributed by atoms with Crippen LogP contribution in [0.25, 0.3) is 143 Å². The predicted molar refractivity (Wildman–Crippen MR) is 269 cm³/mol. The Morgan fingerprint density at radius 2 is 0.894 bits per heavy atom. The van der Waals surface area contributed by atoms with Crippen molar-refractivity contribution in [3.05, 3.63) is 200 Å². The number of fused-ring (bicyclic) bond motifs is 15. The van der Waals surface area contributed by atoms with Crippen molar-refractivity contribution in [1.82, 2.24) is 24.1 Å². The first kappa shape index (κ1) is 35.4. The number of para-hydroxylation sites is 4. The summed E-state index contributed by atoms with van der Waals surface area (Å²) >= 11 is 0. The fraction of sp³-hybridized carbons (Fsp3) is 0. The zero-order chi connectivity index (χ0) is 43.0. The van der Waals surface area contributed by atoms with Gasteiger partial charge in [-0.05, 0) is 94.3 Å². The first-order valence-corrected chi connectivity index (χ1v) is 22.2. The Hall–Kier alpha value is -9.07. The highest BCUT2D eigenvalue weighted by Crippen LogP contribution is 2.44. The first-order valence-electron chi connectivity index (χ1n) is 22.2. The van der Waals surface area contributed by atoms with Crippen LogP contribution in [0.5, 0.6) is 0 Å². The quantitative estimate of drug-likeness (QED) is 0.176.